The Morgan fingerprint density at radius 3 is 2.94 bits per heavy atom. The minimum atomic E-state index is -2.92. The maximum absolute atomic E-state index is 11.7. The van der Waals surface area contributed by atoms with Gasteiger partial charge in [0, 0.05) is 6.54 Å². The fourth-order valence-electron chi connectivity index (χ4n) is 2.73. The number of hydrogen-bond acceptors (Lipinski definition) is 5. The second-order valence-corrected chi connectivity index (χ2v) is 6.93. The van der Waals surface area contributed by atoms with Gasteiger partial charge in [0.1, 0.15) is 0 Å². The largest absolute Gasteiger partial charge is 0.370 e. The average molecular weight is 245 g/mol. The van der Waals surface area contributed by atoms with Crippen molar-refractivity contribution in [1.29, 1.82) is 0 Å². The molecule has 0 aromatic heterocycles. The first-order chi connectivity index (χ1) is 7.49. The Morgan fingerprint density at radius 1 is 1.56 bits per heavy atom. The van der Waals surface area contributed by atoms with E-state index in [1.54, 1.807) is 0 Å². The summed E-state index contributed by atoms with van der Waals surface area (Å²) in [7, 11) is -2.92. The van der Waals surface area contributed by atoms with Gasteiger partial charge in [-0.25, -0.2) is 8.42 Å². The predicted octanol–water partition coefficient (Wildman–Crippen LogP) is -0.0259. The van der Waals surface area contributed by atoms with Gasteiger partial charge < -0.3 is 10.6 Å². The molecule has 0 radical (unpaired) electrons. The normalized spacial score (nSPS) is 33.1. The molecular weight excluding hydrogens is 226 g/mol. The van der Waals surface area contributed by atoms with Crippen molar-refractivity contribution < 1.29 is 8.42 Å². The lowest BCUT2D eigenvalue weighted by atomic mass is 9.94. The Kier molecular flexibility index (Phi) is 2.86. The lowest BCUT2D eigenvalue weighted by Gasteiger charge is -2.41. The lowest BCUT2D eigenvalue weighted by Crippen LogP contribution is -2.57. The number of guanidine groups is 1. The third kappa shape index (κ3) is 1.90. The molecule has 0 aliphatic carbocycles. The number of rotatable bonds is 2. The molecule has 1 spiro atoms. The summed E-state index contributed by atoms with van der Waals surface area (Å²) < 4.78 is 23.5. The van der Waals surface area contributed by atoms with Crippen molar-refractivity contribution in [3.8, 4) is 0 Å². The van der Waals surface area contributed by atoms with E-state index in [1.165, 1.54) is 0 Å². The fraction of sp³-hybridized carbons (Fsp3) is 0.900. The molecule has 1 unspecified atom stereocenters. The third-order valence-electron chi connectivity index (χ3n) is 3.42. The predicted molar refractivity (Wildman–Crippen MR) is 64.1 cm³/mol. The summed E-state index contributed by atoms with van der Waals surface area (Å²) in [6, 6.07) is 0. The molecule has 1 atom stereocenters. The van der Waals surface area contributed by atoms with Gasteiger partial charge in [-0.1, -0.05) is 6.92 Å². The summed E-state index contributed by atoms with van der Waals surface area (Å²) in [4.78, 5) is 6.24. The molecule has 92 valence electrons. The van der Waals surface area contributed by atoms with Gasteiger partial charge in [-0.2, -0.15) is 0 Å². The highest BCUT2D eigenvalue weighted by Gasteiger charge is 2.47. The first-order valence-corrected chi connectivity index (χ1v) is 7.59. The molecule has 0 bridgehead atoms. The molecule has 0 amide bonds. The summed E-state index contributed by atoms with van der Waals surface area (Å²) in [5.74, 6) is 1.04. The molecule has 0 saturated carbocycles. The van der Waals surface area contributed by atoms with E-state index >= 15 is 0 Å². The van der Waals surface area contributed by atoms with Crippen LogP contribution in [0.1, 0.15) is 26.2 Å². The molecule has 0 aromatic carbocycles. The maximum Gasteiger partial charge on any atom is 0.191 e. The molecule has 0 aromatic rings. The fourth-order valence-corrected chi connectivity index (χ4v) is 4.67. The van der Waals surface area contributed by atoms with Gasteiger partial charge in [-0.05, 0) is 19.3 Å². The zero-order valence-corrected chi connectivity index (χ0v) is 10.5. The summed E-state index contributed by atoms with van der Waals surface area (Å²) in [6.07, 6.45) is 2.57. The zero-order valence-electron chi connectivity index (χ0n) is 9.65. The highest BCUT2D eigenvalue weighted by molar-refractivity contribution is 7.91. The van der Waals surface area contributed by atoms with Crippen LogP contribution in [-0.4, -0.2) is 49.4 Å². The molecule has 5 nitrogen and oxygen atoms in total. The van der Waals surface area contributed by atoms with Crippen LogP contribution in [0, 0.1) is 0 Å². The first kappa shape index (κ1) is 11.7. The van der Waals surface area contributed by atoms with Crippen molar-refractivity contribution in [2.75, 3.05) is 24.6 Å². The van der Waals surface area contributed by atoms with E-state index in [2.05, 4.69) is 11.9 Å². The smallest absolute Gasteiger partial charge is 0.191 e. The van der Waals surface area contributed by atoms with Crippen LogP contribution in [0.2, 0.25) is 0 Å². The van der Waals surface area contributed by atoms with Crippen LogP contribution in [0.4, 0.5) is 0 Å². The van der Waals surface area contributed by atoms with Crippen molar-refractivity contribution in [3.63, 3.8) is 0 Å². The van der Waals surface area contributed by atoms with E-state index in [9.17, 15) is 8.42 Å². The van der Waals surface area contributed by atoms with Crippen LogP contribution >= 0.6 is 0 Å². The molecular formula is C10H19N3O2S. The quantitative estimate of drug-likeness (QED) is 0.741. The highest BCUT2D eigenvalue weighted by atomic mass is 32.2. The van der Waals surface area contributed by atoms with Crippen LogP contribution in [-0.2, 0) is 9.84 Å². The summed E-state index contributed by atoms with van der Waals surface area (Å²) in [5.41, 5.74) is 5.50. The maximum atomic E-state index is 11.7. The Balaban J connectivity index is 2.25. The summed E-state index contributed by atoms with van der Waals surface area (Å²) in [6.45, 7) is 3.40. The van der Waals surface area contributed by atoms with Crippen LogP contribution < -0.4 is 5.73 Å². The molecule has 1 saturated heterocycles. The molecule has 2 N–H and O–H groups in total. The van der Waals surface area contributed by atoms with Crippen LogP contribution in [0.25, 0.3) is 0 Å². The molecule has 6 heteroatoms. The summed E-state index contributed by atoms with van der Waals surface area (Å²) in [5, 5.41) is 0. The number of sulfone groups is 1. The van der Waals surface area contributed by atoms with Gasteiger partial charge in [0.15, 0.2) is 15.8 Å². The first-order valence-electron chi connectivity index (χ1n) is 5.77. The molecule has 2 rings (SSSR count). The van der Waals surface area contributed by atoms with E-state index in [1.807, 2.05) is 4.90 Å². The highest BCUT2D eigenvalue weighted by Crippen LogP contribution is 2.32. The second-order valence-electron chi connectivity index (χ2n) is 4.75. The Bertz CT molecular complexity index is 404. The monoisotopic (exact) mass is 245 g/mol. The number of aliphatic imine (C=N–C) groups is 1. The standard InChI is InChI=1S/C10H19N3O2S/c1-2-5-13-9(11)12-7-10(13)4-3-6-16(14,15)8-10/h2-8H2,1H3,(H2,11,12). The van der Waals surface area contributed by atoms with Gasteiger partial charge in [0.05, 0.1) is 23.6 Å². The van der Waals surface area contributed by atoms with E-state index in [0.717, 1.165) is 25.8 Å². The van der Waals surface area contributed by atoms with Crippen LogP contribution in [0.3, 0.4) is 0 Å². The SMILES string of the molecule is CCCN1C(N)=NCC12CCCS(=O)(=O)C2. The minimum absolute atomic E-state index is 0.212. The third-order valence-corrected chi connectivity index (χ3v) is 5.31. The van der Waals surface area contributed by atoms with Crippen LogP contribution in [0.5, 0.6) is 0 Å². The van der Waals surface area contributed by atoms with E-state index in [0.29, 0.717) is 18.3 Å². The zero-order chi connectivity index (χ0) is 11.8. The van der Waals surface area contributed by atoms with Crippen LogP contribution in [0.15, 0.2) is 4.99 Å². The van der Waals surface area contributed by atoms with E-state index in [4.69, 9.17) is 5.73 Å². The number of nitrogens with zero attached hydrogens (tertiary/aromatic N) is 2. The molecule has 16 heavy (non-hydrogen) atoms. The average Bonchev–Trinajstić information content (AvgIpc) is 2.46. The lowest BCUT2D eigenvalue weighted by molar-refractivity contribution is 0.203. The second kappa shape index (κ2) is 3.91. The van der Waals surface area contributed by atoms with Crippen molar-refractivity contribution in [3.05, 3.63) is 0 Å². The topological polar surface area (TPSA) is 75.8 Å². The van der Waals surface area contributed by atoms with Crippen molar-refractivity contribution >= 4 is 15.8 Å². The number of nitrogens with two attached hydrogens (primary N) is 1. The van der Waals surface area contributed by atoms with E-state index in [-0.39, 0.29) is 11.3 Å². The van der Waals surface area contributed by atoms with Crippen molar-refractivity contribution in [2.45, 2.75) is 31.7 Å². The summed E-state index contributed by atoms with van der Waals surface area (Å²) >= 11 is 0. The van der Waals surface area contributed by atoms with Gasteiger partial charge in [0.2, 0.25) is 0 Å². The van der Waals surface area contributed by atoms with Gasteiger partial charge in [0.25, 0.3) is 0 Å². The van der Waals surface area contributed by atoms with E-state index < -0.39 is 9.84 Å². The number of hydrogen-bond donors (Lipinski definition) is 1. The van der Waals surface area contributed by atoms with Crippen molar-refractivity contribution in [1.82, 2.24) is 4.90 Å². The Hall–Kier alpha value is -0.780. The molecule has 2 aliphatic rings. The minimum Gasteiger partial charge on any atom is -0.370 e. The van der Waals surface area contributed by atoms with Crippen molar-refractivity contribution in [2.24, 2.45) is 10.7 Å². The molecule has 1 fully saturated rings. The van der Waals surface area contributed by atoms with Gasteiger partial charge >= 0.3 is 0 Å². The van der Waals surface area contributed by atoms with Gasteiger partial charge in [-0.15, -0.1) is 0 Å². The Labute approximate surface area is 96.6 Å². The molecule has 2 heterocycles. The molecule has 2 aliphatic heterocycles. The van der Waals surface area contributed by atoms with Gasteiger partial charge in [-0.3, -0.25) is 4.99 Å². The Morgan fingerprint density at radius 2 is 2.31 bits per heavy atom.